The quantitative estimate of drug-likeness (QED) is 0.584. The Kier molecular flexibility index (Phi) is 5.90. The Morgan fingerprint density at radius 1 is 1.08 bits per heavy atom. The summed E-state index contributed by atoms with van der Waals surface area (Å²) >= 11 is 1.69. The van der Waals surface area contributed by atoms with Crippen molar-refractivity contribution in [3.63, 3.8) is 0 Å². The molecule has 130 valence electrons. The fourth-order valence-corrected chi connectivity index (χ4v) is 3.21. The van der Waals surface area contributed by atoms with Crippen LogP contribution in [-0.4, -0.2) is 18.6 Å². The van der Waals surface area contributed by atoms with Crippen LogP contribution in [0.1, 0.15) is 17.4 Å². The minimum absolute atomic E-state index is 0.558. The number of hydrogen-bond donors (Lipinski definition) is 0. The molecule has 1 aromatic carbocycles. The summed E-state index contributed by atoms with van der Waals surface area (Å²) < 4.78 is 11.4. The van der Waals surface area contributed by atoms with Gasteiger partial charge in [0.2, 0.25) is 0 Å². The number of anilines is 1. The molecule has 5 heteroatoms. The molecule has 0 bridgehead atoms. The van der Waals surface area contributed by atoms with Crippen LogP contribution in [0.3, 0.4) is 0 Å². The molecule has 3 aromatic rings. The van der Waals surface area contributed by atoms with E-state index in [4.69, 9.17) is 9.47 Å². The Labute approximate surface area is 152 Å². The molecule has 3 rings (SSSR count). The van der Waals surface area contributed by atoms with E-state index in [1.807, 2.05) is 42.6 Å². The summed E-state index contributed by atoms with van der Waals surface area (Å²) in [5.41, 5.74) is 1.16. The van der Waals surface area contributed by atoms with Gasteiger partial charge >= 0.3 is 0 Å². The molecule has 0 aliphatic carbocycles. The van der Waals surface area contributed by atoms with Crippen LogP contribution in [0, 0.1) is 0 Å². The van der Waals surface area contributed by atoms with Gasteiger partial charge in [-0.15, -0.1) is 11.3 Å². The van der Waals surface area contributed by atoms with Crippen molar-refractivity contribution in [2.24, 2.45) is 0 Å². The zero-order chi connectivity index (χ0) is 17.5. The van der Waals surface area contributed by atoms with Crippen molar-refractivity contribution in [3.8, 4) is 11.5 Å². The highest BCUT2D eigenvalue weighted by Crippen LogP contribution is 2.30. The molecule has 4 nitrogen and oxygen atoms in total. The summed E-state index contributed by atoms with van der Waals surface area (Å²) in [6, 6.07) is 16.2. The highest BCUT2D eigenvalue weighted by Gasteiger charge is 2.10. The van der Waals surface area contributed by atoms with Crippen LogP contribution in [0.4, 0.5) is 5.82 Å². The zero-order valence-corrected chi connectivity index (χ0v) is 15.3. The van der Waals surface area contributed by atoms with E-state index in [-0.39, 0.29) is 0 Å². The molecule has 2 aromatic heterocycles. The van der Waals surface area contributed by atoms with Gasteiger partial charge in [-0.25, -0.2) is 4.98 Å². The second-order valence-corrected chi connectivity index (χ2v) is 6.59. The Morgan fingerprint density at radius 3 is 2.68 bits per heavy atom. The molecule has 2 heterocycles. The smallest absolute Gasteiger partial charge is 0.161 e. The molecule has 25 heavy (non-hydrogen) atoms. The Hall–Kier alpha value is -2.53. The number of methoxy groups -OCH3 is 1. The second-order valence-electron chi connectivity index (χ2n) is 5.56. The lowest BCUT2D eigenvalue weighted by Gasteiger charge is -2.22. The number of rotatable bonds is 8. The van der Waals surface area contributed by atoms with Crippen molar-refractivity contribution in [1.82, 2.24) is 4.98 Å². The molecule has 0 saturated carbocycles. The van der Waals surface area contributed by atoms with Crippen LogP contribution in [-0.2, 0) is 13.2 Å². The molecule has 0 atom stereocenters. The predicted octanol–water partition coefficient (Wildman–Crippen LogP) is 4.76. The summed E-state index contributed by atoms with van der Waals surface area (Å²) in [5.74, 6) is 2.49. The van der Waals surface area contributed by atoms with Crippen molar-refractivity contribution in [2.45, 2.75) is 20.1 Å². The Morgan fingerprint density at radius 2 is 2.00 bits per heavy atom. The maximum Gasteiger partial charge on any atom is 0.161 e. The van der Waals surface area contributed by atoms with Gasteiger partial charge in [-0.05, 0) is 48.2 Å². The topological polar surface area (TPSA) is 34.6 Å². The summed E-state index contributed by atoms with van der Waals surface area (Å²) in [4.78, 5) is 7.85. The second kappa shape index (κ2) is 8.53. The molecule has 0 fully saturated rings. The lowest BCUT2D eigenvalue weighted by Crippen LogP contribution is -2.22. The van der Waals surface area contributed by atoms with Gasteiger partial charge in [0.15, 0.2) is 11.5 Å². The van der Waals surface area contributed by atoms with Crippen LogP contribution in [0.25, 0.3) is 0 Å². The van der Waals surface area contributed by atoms with Gasteiger partial charge < -0.3 is 14.4 Å². The van der Waals surface area contributed by atoms with Gasteiger partial charge in [0.1, 0.15) is 12.4 Å². The molecule has 0 amide bonds. The summed E-state index contributed by atoms with van der Waals surface area (Å²) in [6.45, 7) is 4.35. The normalized spacial score (nSPS) is 10.5. The van der Waals surface area contributed by atoms with E-state index in [0.717, 1.165) is 36.0 Å². The van der Waals surface area contributed by atoms with Crippen molar-refractivity contribution < 1.29 is 9.47 Å². The number of aromatic nitrogens is 1. The average molecular weight is 354 g/mol. The zero-order valence-electron chi connectivity index (χ0n) is 14.5. The van der Waals surface area contributed by atoms with E-state index in [1.165, 1.54) is 4.88 Å². The first-order valence-corrected chi connectivity index (χ1v) is 9.16. The van der Waals surface area contributed by atoms with Gasteiger partial charge in [0.25, 0.3) is 0 Å². The largest absolute Gasteiger partial charge is 0.493 e. The summed E-state index contributed by atoms with van der Waals surface area (Å²) in [6.07, 6.45) is 1.82. The van der Waals surface area contributed by atoms with Gasteiger partial charge in [-0.3, -0.25) is 0 Å². The number of ether oxygens (including phenoxy) is 2. The lowest BCUT2D eigenvalue weighted by atomic mass is 10.2. The van der Waals surface area contributed by atoms with Crippen molar-refractivity contribution in [3.05, 3.63) is 70.5 Å². The summed E-state index contributed by atoms with van der Waals surface area (Å²) in [5, 5.41) is 2.05. The molecular weight excluding hydrogens is 332 g/mol. The maximum atomic E-state index is 5.90. The number of nitrogens with zero attached hydrogens (tertiary/aromatic N) is 2. The fourth-order valence-electron chi connectivity index (χ4n) is 2.59. The molecule has 0 aliphatic heterocycles. The average Bonchev–Trinajstić information content (AvgIpc) is 3.19. The molecule has 0 N–H and O–H groups in total. The van der Waals surface area contributed by atoms with E-state index >= 15 is 0 Å². The van der Waals surface area contributed by atoms with Crippen LogP contribution in [0.2, 0.25) is 0 Å². The minimum atomic E-state index is 0.558. The van der Waals surface area contributed by atoms with Gasteiger partial charge in [-0.1, -0.05) is 18.2 Å². The number of benzene rings is 1. The Bertz CT molecular complexity index is 776. The van der Waals surface area contributed by atoms with Crippen molar-refractivity contribution >= 4 is 17.2 Å². The van der Waals surface area contributed by atoms with Crippen molar-refractivity contribution in [1.29, 1.82) is 0 Å². The predicted molar refractivity (Wildman–Crippen MR) is 103 cm³/mol. The van der Waals surface area contributed by atoms with Gasteiger partial charge in [-0.2, -0.15) is 0 Å². The van der Waals surface area contributed by atoms with Crippen LogP contribution >= 0.6 is 11.3 Å². The SMILES string of the molecule is CCN(Cc1ccc(OCc2cccs2)c(OC)c1)c1ccccn1. The van der Waals surface area contributed by atoms with Gasteiger partial charge in [0, 0.05) is 24.2 Å². The third-order valence-electron chi connectivity index (χ3n) is 3.91. The Balaban J connectivity index is 1.72. The highest BCUT2D eigenvalue weighted by molar-refractivity contribution is 7.09. The maximum absolute atomic E-state index is 5.90. The first-order chi connectivity index (χ1) is 12.3. The molecule has 0 spiro atoms. The first kappa shape index (κ1) is 17.3. The standard InChI is InChI=1S/C20H22N2O2S/c1-3-22(20-8-4-5-11-21-20)14-16-9-10-18(19(13-16)23-2)24-15-17-7-6-12-25-17/h4-13H,3,14-15H2,1-2H3. The van der Waals surface area contributed by atoms with E-state index < -0.39 is 0 Å². The summed E-state index contributed by atoms with van der Waals surface area (Å²) in [7, 11) is 1.67. The fraction of sp³-hybridized carbons (Fsp3) is 0.250. The van der Waals surface area contributed by atoms with Gasteiger partial charge in [0.05, 0.1) is 7.11 Å². The number of thiophene rings is 1. The molecule has 0 saturated heterocycles. The number of pyridine rings is 1. The minimum Gasteiger partial charge on any atom is -0.493 e. The molecular formula is C20H22N2O2S. The van der Waals surface area contributed by atoms with E-state index in [9.17, 15) is 0 Å². The highest BCUT2D eigenvalue weighted by atomic mass is 32.1. The first-order valence-electron chi connectivity index (χ1n) is 8.28. The number of hydrogen-bond acceptors (Lipinski definition) is 5. The third kappa shape index (κ3) is 4.51. The molecule has 0 aliphatic rings. The molecule has 0 radical (unpaired) electrons. The lowest BCUT2D eigenvalue weighted by molar-refractivity contribution is 0.287. The van der Waals surface area contributed by atoms with Crippen LogP contribution < -0.4 is 14.4 Å². The monoisotopic (exact) mass is 354 g/mol. The van der Waals surface area contributed by atoms with Crippen molar-refractivity contribution in [2.75, 3.05) is 18.6 Å². The van der Waals surface area contributed by atoms with E-state index in [1.54, 1.807) is 18.4 Å². The third-order valence-corrected chi connectivity index (χ3v) is 4.76. The van der Waals surface area contributed by atoms with E-state index in [2.05, 4.69) is 34.3 Å². The molecule has 0 unspecified atom stereocenters. The van der Waals surface area contributed by atoms with Crippen LogP contribution in [0.5, 0.6) is 11.5 Å². The van der Waals surface area contributed by atoms with Crippen LogP contribution in [0.15, 0.2) is 60.1 Å². The van der Waals surface area contributed by atoms with E-state index in [0.29, 0.717) is 6.61 Å².